The maximum Gasteiger partial charge on any atom is 0.245 e. The van der Waals surface area contributed by atoms with Crippen LogP contribution >= 0.6 is 0 Å². The Hall–Kier alpha value is -2.18. The molecular weight excluding hydrogens is 316 g/mol. The summed E-state index contributed by atoms with van der Waals surface area (Å²) in [5.41, 5.74) is 3.85. The second-order valence-electron chi connectivity index (χ2n) is 6.65. The van der Waals surface area contributed by atoms with Crippen LogP contribution < -0.4 is 5.32 Å². The van der Waals surface area contributed by atoms with E-state index < -0.39 is 0 Å². The van der Waals surface area contributed by atoms with Crippen LogP contribution in [0.2, 0.25) is 0 Å². The van der Waals surface area contributed by atoms with Crippen molar-refractivity contribution in [1.82, 2.24) is 20.0 Å². The van der Waals surface area contributed by atoms with Crippen molar-refractivity contribution in [2.45, 2.75) is 32.5 Å². The molecule has 0 radical (unpaired) electrons. The maximum atomic E-state index is 11.5. The SMILES string of the molecule is COCC(=O)NCC[C@@H]1CN(Cc2cccc(C)c2)Cc2ccnn21. The normalized spacial score (nSPS) is 17.3. The minimum Gasteiger partial charge on any atom is -0.375 e. The molecule has 6 nitrogen and oxygen atoms in total. The first-order valence-corrected chi connectivity index (χ1v) is 8.71. The third-order valence-electron chi connectivity index (χ3n) is 4.52. The zero-order chi connectivity index (χ0) is 17.6. The van der Waals surface area contributed by atoms with Gasteiger partial charge in [-0.15, -0.1) is 0 Å². The smallest absolute Gasteiger partial charge is 0.245 e. The van der Waals surface area contributed by atoms with Gasteiger partial charge in [0.2, 0.25) is 5.91 Å². The van der Waals surface area contributed by atoms with Crippen molar-refractivity contribution in [3.8, 4) is 0 Å². The van der Waals surface area contributed by atoms with E-state index in [1.807, 2.05) is 6.20 Å². The minimum atomic E-state index is -0.0735. The van der Waals surface area contributed by atoms with Crippen molar-refractivity contribution in [3.05, 3.63) is 53.3 Å². The fraction of sp³-hybridized carbons (Fsp3) is 0.474. The molecule has 3 rings (SSSR count). The van der Waals surface area contributed by atoms with Crippen LogP contribution in [0.15, 0.2) is 36.5 Å². The molecule has 134 valence electrons. The molecule has 1 amide bonds. The first-order chi connectivity index (χ1) is 12.2. The zero-order valence-electron chi connectivity index (χ0n) is 14.9. The molecule has 0 bridgehead atoms. The van der Waals surface area contributed by atoms with Gasteiger partial charge in [0, 0.05) is 39.5 Å². The van der Waals surface area contributed by atoms with Crippen LogP contribution in [0.1, 0.15) is 29.3 Å². The number of fused-ring (bicyclic) bond motifs is 1. The van der Waals surface area contributed by atoms with Crippen LogP contribution in [0.3, 0.4) is 0 Å². The first-order valence-electron chi connectivity index (χ1n) is 8.71. The number of ether oxygens (including phenoxy) is 1. The number of aryl methyl sites for hydroxylation is 1. The van der Waals surface area contributed by atoms with Gasteiger partial charge in [-0.3, -0.25) is 14.4 Å². The summed E-state index contributed by atoms with van der Waals surface area (Å²) in [4.78, 5) is 14.0. The molecule has 0 spiro atoms. The Morgan fingerprint density at radius 3 is 3.08 bits per heavy atom. The van der Waals surface area contributed by atoms with E-state index in [0.29, 0.717) is 6.54 Å². The Morgan fingerprint density at radius 2 is 2.28 bits per heavy atom. The van der Waals surface area contributed by atoms with Crippen LogP contribution in [-0.2, 0) is 22.6 Å². The summed E-state index contributed by atoms with van der Waals surface area (Å²) in [5.74, 6) is -0.0735. The average molecular weight is 342 g/mol. The van der Waals surface area contributed by atoms with E-state index >= 15 is 0 Å². The number of amides is 1. The molecular formula is C19H26N4O2. The molecule has 1 aromatic heterocycles. The highest BCUT2D eigenvalue weighted by Crippen LogP contribution is 2.24. The number of hydrogen-bond donors (Lipinski definition) is 1. The van der Waals surface area contributed by atoms with E-state index in [-0.39, 0.29) is 18.6 Å². The van der Waals surface area contributed by atoms with Crippen molar-refractivity contribution < 1.29 is 9.53 Å². The number of hydrogen-bond acceptors (Lipinski definition) is 4. The highest BCUT2D eigenvalue weighted by Gasteiger charge is 2.25. The summed E-state index contributed by atoms with van der Waals surface area (Å²) in [6, 6.07) is 11.0. The van der Waals surface area contributed by atoms with Crippen LogP contribution in [0.4, 0.5) is 0 Å². The lowest BCUT2D eigenvalue weighted by Crippen LogP contribution is -2.39. The number of rotatable bonds is 7. The number of nitrogens with one attached hydrogen (secondary N) is 1. The number of methoxy groups -OCH3 is 1. The summed E-state index contributed by atoms with van der Waals surface area (Å²) in [5, 5.41) is 7.38. The standard InChI is InChI=1S/C19H26N4O2/c1-15-4-3-5-16(10-15)11-22-12-17(6-8-20-19(24)14-25-2)23-18(13-22)7-9-21-23/h3-5,7,9-10,17H,6,8,11-14H2,1-2H3,(H,20,24)/t17-/m1/s1. The fourth-order valence-corrected chi connectivity index (χ4v) is 3.43. The fourth-order valence-electron chi connectivity index (χ4n) is 3.43. The van der Waals surface area contributed by atoms with Crippen LogP contribution in [0, 0.1) is 6.92 Å². The summed E-state index contributed by atoms with van der Waals surface area (Å²) in [6.45, 7) is 5.63. The molecule has 0 saturated heterocycles. The van der Waals surface area contributed by atoms with Crippen molar-refractivity contribution >= 4 is 5.91 Å². The van der Waals surface area contributed by atoms with Gasteiger partial charge in [0.1, 0.15) is 6.61 Å². The van der Waals surface area contributed by atoms with Gasteiger partial charge in [-0.25, -0.2) is 0 Å². The second kappa shape index (κ2) is 8.27. The van der Waals surface area contributed by atoms with Crippen molar-refractivity contribution in [1.29, 1.82) is 0 Å². The van der Waals surface area contributed by atoms with Crippen molar-refractivity contribution in [2.24, 2.45) is 0 Å². The summed E-state index contributed by atoms with van der Waals surface area (Å²) in [7, 11) is 1.53. The van der Waals surface area contributed by atoms with Gasteiger partial charge in [0.15, 0.2) is 0 Å². The zero-order valence-corrected chi connectivity index (χ0v) is 14.9. The van der Waals surface area contributed by atoms with Crippen LogP contribution in [-0.4, -0.2) is 47.4 Å². The number of nitrogens with zero attached hydrogens (tertiary/aromatic N) is 3. The quantitative estimate of drug-likeness (QED) is 0.835. The second-order valence-corrected chi connectivity index (χ2v) is 6.65. The van der Waals surface area contributed by atoms with Crippen LogP contribution in [0.5, 0.6) is 0 Å². The summed E-state index contributed by atoms with van der Waals surface area (Å²) in [6.07, 6.45) is 2.72. The largest absolute Gasteiger partial charge is 0.375 e. The monoisotopic (exact) mass is 342 g/mol. The molecule has 0 fully saturated rings. The molecule has 1 N–H and O–H groups in total. The predicted molar refractivity (Wildman–Crippen MR) is 96.1 cm³/mol. The molecule has 0 aliphatic carbocycles. The molecule has 25 heavy (non-hydrogen) atoms. The van der Waals surface area contributed by atoms with E-state index in [1.54, 1.807) is 0 Å². The van der Waals surface area contributed by atoms with Gasteiger partial charge in [-0.05, 0) is 25.0 Å². The molecule has 1 aliphatic heterocycles. The van der Waals surface area contributed by atoms with Crippen molar-refractivity contribution in [2.75, 3.05) is 26.8 Å². The van der Waals surface area contributed by atoms with Gasteiger partial charge in [-0.2, -0.15) is 5.10 Å². The Kier molecular flexibility index (Phi) is 5.83. The highest BCUT2D eigenvalue weighted by atomic mass is 16.5. The Balaban J connectivity index is 1.62. The van der Waals surface area contributed by atoms with E-state index in [1.165, 1.54) is 23.9 Å². The molecule has 2 heterocycles. The molecule has 1 atom stereocenters. The number of benzene rings is 1. The molecule has 0 saturated carbocycles. The summed E-state index contributed by atoms with van der Waals surface area (Å²) < 4.78 is 6.95. The van der Waals surface area contributed by atoms with Gasteiger partial charge in [0.25, 0.3) is 0 Å². The Bertz CT molecular complexity index is 713. The lowest BCUT2D eigenvalue weighted by molar-refractivity contribution is -0.124. The molecule has 1 aliphatic rings. The van der Waals surface area contributed by atoms with Gasteiger partial charge in [0.05, 0.1) is 11.7 Å². The molecule has 6 heteroatoms. The van der Waals surface area contributed by atoms with Crippen LogP contribution in [0.25, 0.3) is 0 Å². The number of carbonyl (C=O) groups excluding carboxylic acids is 1. The summed E-state index contributed by atoms with van der Waals surface area (Å²) >= 11 is 0. The molecule has 2 aromatic rings. The average Bonchev–Trinajstić information content (AvgIpc) is 3.04. The Morgan fingerprint density at radius 1 is 1.40 bits per heavy atom. The van der Waals surface area contributed by atoms with E-state index in [4.69, 9.17) is 4.74 Å². The first kappa shape index (κ1) is 17.6. The van der Waals surface area contributed by atoms with Gasteiger partial charge >= 0.3 is 0 Å². The number of aromatic nitrogens is 2. The van der Waals surface area contributed by atoms with E-state index in [2.05, 4.69) is 57.3 Å². The molecule has 1 aromatic carbocycles. The maximum absolute atomic E-state index is 11.5. The van der Waals surface area contributed by atoms with Gasteiger partial charge < -0.3 is 10.1 Å². The third-order valence-corrected chi connectivity index (χ3v) is 4.52. The van der Waals surface area contributed by atoms with E-state index in [0.717, 1.165) is 26.1 Å². The van der Waals surface area contributed by atoms with Gasteiger partial charge in [-0.1, -0.05) is 29.8 Å². The highest BCUT2D eigenvalue weighted by molar-refractivity contribution is 5.77. The number of carbonyl (C=O) groups is 1. The lowest BCUT2D eigenvalue weighted by atomic mass is 10.1. The molecule has 0 unspecified atom stereocenters. The predicted octanol–water partition coefficient (Wildman–Crippen LogP) is 1.90. The minimum absolute atomic E-state index is 0.0735. The lowest BCUT2D eigenvalue weighted by Gasteiger charge is -2.34. The van der Waals surface area contributed by atoms with E-state index in [9.17, 15) is 4.79 Å². The topological polar surface area (TPSA) is 59.4 Å². The Labute approximate surface area is 148 Å². The van der Waals surface area contributed by atoms with Crippen molar-refractivity contribution in [3.63, 3.8) is 0 Å². The third kappa shape index (κ3) is 4.67.